The zero-order chi connectivity index (χ0) is 17.7. The van der Waals surface area contributed by atoms with Crippen LogP contribution < -0.4 is 10.1 Å². The second kappa shape index (κ2) is 7.79. The van der Waals surface area contributed by atoms with Crippen molar-refractivity contribution in [3.05, 3.63) is 68.2 Å². The van der Waals surface area contributed by atoms with Crippen molar-refractivity contribution in [3.8, 4) is 5.75 Å². The minimum Gasteiger partial charge on any atom is -0.491 e. The van der Waals surface area contributed by atoms with Gasteiger partial charge in [-0.2, -0.15) is 0 Å². The summed E-state index contributed by atoms with van der Waals surface area (Å²) in [6.45, 7) is 4.45. The Kier molecular flexibility index (Phi) is 5.76. The van der Waals surface area contributed by atoms with Crippen molar-refractivity contribution in [2.45, 2.75) is 13.8 Å². The standard InChI is InChI=1S/C17H17ClN2O4/c1-11-3-4-12(2)16(9-11)24-8-7-19-17(21)14-10-13(20(22)23)5-6-15(14)18/h3-6,9-10H,7-8H2,1-2H3,(H,19,21). The highest BCUT2D eigenvalue weighted by Gasteiger charge is 2.15. The summed E-state index contributed by atoms with van der Waals surface area (Å²) < 4.78 is 5.64. The lowest BCUT2D eigenvalue weighted by Gasteiger charge is -2.11. The van der Waals surface area contributed by atoms with Gasteiger partial charge in [0.1, 0.15) is 12.4 Å². The molecule has 2 aromatic carbocycles. The molecule has 0 atom stereocenters. The van der Waals surface area contributed by atoms with Gasteiger partial charge < -0.3 is 10.1 Å². The van der Waals surface area contributed by atoms with Crippen LogP contribution in [0.25, 0.3) is 0 Å². The molecule has 7 heteroatoms. The highest BCUT2D eigenvalue weighted by Crippen LogP contribution is 2.22. The second-order valence-corrected chi connectivity index (χ2v) is 5.70. The van der Waals surface area contributed by atoms with Gasteiger partial charge in [0.2, 0.25) is 0 Å². The predicted molar refractivity (Wildman–Crippen MR) is 91.9 cm³/mol. The first-order chi connectivity index (χ1) is 11.4. The highest BCUT2D eigenvalue weighted by molar-refractivity contribution is 6.33. The van der Waals surface area contributed by atoms with Crippen LogP contribution >= 0.6 is 11.6 Å². The lowest BCUT2D eigenvalue weighted by molar-refractivity contribution is -0.384. The third kappa shape index (κ3) is 4.45. The van der Waals surface area contributed by atoms with E-state index in [4.69, 9.17) is 16.3 Å². The van der Waals surface area contributed by atoms with Crippen LogP contribution in [0.3, 0.4) is 0 Å². The number of nitrogens with one attached hydrogen (secondary N) is 1. The number of carbonyl (C=O) groups is 1. The molecule has 0 unspecified atom stereocenters. The van der Waals surface area contributed by atoms with Crippen LogP contribution in [0, 0.1) is 24.0 Å². The number of amides is 1. The van der Waals surface area contributed by atoms with Gasteiger partial charge in [0.25, 0.3) is 11.6 Å². The molecule has 1 N–H and O–H groups in total. The van der Waals surface area contributed by atoms with Crippen LogP contribution in [-0.2, 0) is 0 Å². The van der Waals surface area contributed by atoms with Gasteiger partial charge in [-0.1, -0.05) is 23.7 Å². The van der Waals surface area contributed by atoms with Crippen molar-refractivity contribution in [2.75, 3.05) is 13.2 Å². The van der Waals surface area contributed by atoms with Gasteiger partial charge in [-0.3, -0.25) is 14.9 Å². The Morgan fingerprint density at radius 2 is 2.00 bits per heavy atom. The number of nitro benzene ring substituents is 1. The molecule has 0 aliphatic carbocycles. The van der Waals surface area contributed by atoms with E-state index in [-0.39, 0.29) is 29.4 Å². The molecule has 0 spiro atoms. The molecule has 0 bridgehead atoms. The molecule has 0 aliphatic rings. The summed E-state index contributed by atoms with van der Waals surface area (Å²) in [5.74, 6) is 0.283. The van der Waals surface area contributed by atoms with Gasteiger partial charge in [-0.05, 0) is 37.1 Å². The Hall–Kier alpha value is -2.60. The summed E-state index contributed by atoms with van der Waals surface area (Å²) >= 11 is 5.93. The minimum atomic E-state index is -0.573. The predicted octanol–water partition coefficient (Wildman–Crippen LogP) is 3.67. The Bertz CT molecular complexity index is 777. The molecule has 6 nitrogen and oxygen atoms in total. The molecule has 2 aromatic rings. The van der Waals surface area contributed by atoms with E-state index in [0.29, 0.717) is 0 Å². The lowest BCUT2D eigenvalue weighted by atomic mass is 10.1. The van der Waals surface area contributed by atoms with E-state index >= 15 is 0 Å². The Morgan fingerprint density at radius 1 is 1.25 bits per heavy atom. The molecule has 1 amide bonds. The molecule has 0 heterocycles. The number of nitro groups is 1. The Labute approximate surface area is 144 Å². The maximum absolute atomic E-state index is 12.1. The number of halogens is 1. The van der Waals surface area contributed by atoms with Crippen molar-refractivity contribution in [3.63, 3.8) is 0 Å². The topological polar surface area (TPSA) is 81.5 Å². The summed E-state index contributed by atoms with van der Waals surface area (Å²) in [5, 5.41) is 13.6. The van der Waals surface area contributed by atoms with Gasteiger partial charge in [0.05, 0.1) is 22.1 Å². The number of rotatable bonds is 6. The number of benzene rings is 2. The lowest BCUT2D eigenvalue weighted by Crippen LogP contribution is -2.28. The first kappa shape index (κ1) is 17.7. The molecule has 0 saturated heterocycles. The van der Waals surface area contributed by atoms with Gasteiger partial charge in [-0.25, -0.2) is 0 Å². The highest BCUT2D eigenvalue weighted by atomic mass is 35.5. The summed E-state index contributed by atoms with van der Waals surface area (Å²) in [6.07, 6.45) is 0. The number of nitrogens with zero attached hydrogens (tertiary/aromatic N) is 1. The van der Waals surface area contributed by atoms with Crippen LogP contribution in [0.2, 0.25) is 5.02 Å². The molecule has 24 heavy (non-hydrogen) atoms. The van der Waals surface area contributed by atoms with Crippen molar-refractivity contribution >= 4 is 23.2 Å². The molecular formula is C17H17ClN2O4. The summed E-state index contributed by atoms with van der Waals surface area (Å²) in [6, 6.07) is 9.63. The summed E-state index contributed by atoms with van der Waals surface area (Å²) in [5.41, 5.74) is 1.98. The van der Waals surface area contributed by atoms with E-state index in [1.54, 1.807) is 0 Å². The fourth-order valence-electron chi connectivity index (χ4n) is 2.08. The molecule has 0 aliphatic heterocycles. The number of carbonyl (C=O) groups excluding carboxylic acids is 1. The number of hydrogen-bond donors (Lipinski definition) is 1. The molecule has 0 saturated carbocycles. The molecule has 0 aromatic heterocycles. The number of hydrogen-bond acceptors (Lipinski definition) is 4. The van der Waals surface area contributed by atoms with E-state index < -0.39 is 10.8 Å². The molecular weight excluding hydrogens is 332 g/mol. The van der Waals surface area contributed by atoms with E-state index in [1.807, 2.05) is 32.0 Å². The fraction of sp³-hybridized carbons (Fsp3) is 0.235. The molecule has 126 valence electrons. The van der Waals surface area contributed by atoms with Crippen LogP contribution in [-0.4, -0.2) is 24.0 Å². The summed E-state index contributed by atoms with van der Waals surface area (Å²) in [7, 11) is 0. The van der Waals surface area contributed by atoms with Gasteiger partial charge in [-0.15, -0.1) is 0 Å². The van der Waals surface area contributed by atoms with Crippen molar-refractivity contribution < 1.29 is 14.5 Å². The van der Waals surface area contributed by atoms with Crippen LogP contribution in [0.4, 0.5) is 5.69 Å². The maximum atomic E-state index is 12.1. The zero-order valence-corrected chi connectivity index (χ0v) is 14.1. The largest absolute Gasteiger partial charge is 0.491 e. The van der Waals surface area contributed by atoms with E-state index in [1.165, 1.54) is 12.1 Å². The van der Waals surface area contributed by atoms with Crippen LogP contribution in [0.1, 0.15) is 21.5 Å². The first-order valence-corrected chi connectivity index (χ1v) is 7.68. The average Bonchev–Trinajstić information content (AvgIpc) is 2.54. The molecule has 2 rings (SSSR count). The van der Waals surface area contributed by atoms with Gasteiger partial charge >= 0.3 is 0 Å². The monoisotopic (exact) mass is 348 g/mol. The van der Waals surface area contributed by atoms with Gasteiger partial charge in [0, 0.05) is 12.1 Å². The molecule has 0 fully saturated rings. The van der Waals surface area contributed by atoms with Crippen LogP contribution in [0.5, 0.6) is 5.75 Å². The number of non-ortho nitro benzene ring substituents is 1. The molecule has 0 radical (unpaired) electrons. The first-order valence-electron chi connectivity index (χ1n) is 7.30. The quantitative estimate of drug-likeness (QED) is 0.490. The third-order valence-corrected chi connectivity index (χ3v) is 3.72. The van der Waals surface area contributed by atoms with Crippen molar-refractivity contribution in [1.82, 2.24) is 5.32 Å². The van der Waals surface area contributed by atoms with Crippen molar-refractivity contribution in [2.24, 2.45) is 0 Å². The third-order valence-electron chi connectivity index (χ3n) is 3.39. The fourth-order valence-corrected chi connectivity index (χ4v) is 2.29. The Balaban J connectivity index is 1.93. The van der Waals surface area contributed by atoms with Crippen LogP contribution in [0.15, 0.2) is 36.4 Å². The average molecular weight is 349 g/mol. The maximum Gasteiger partial charge on any atom is 0.270 e. The zero-order valence-electron chi connectivity index (χ0n) is 13.3. The summed E-state index contributed by atoms with van der Waals surface area (Å²) in [4.78, 5) is 22.3. The second-order valence-electron chi connectivity index (χ2n) is 5.29. The SMILES string of the molecule is Cc1ccc(C)c(OCCNC(=O)c2cc([N+](=O)[O-])ccc2Cl)c1. The van der Waals surface area contributed by atoms with Crippen molar-refractivity contribution in [1.29, 1.82) is 0 Å². The number of ether oxygens (including phenoxy) is 1. The van der Waals surface area contributed by atoms with E-state index in [9.17, 15) is 14.9 Å². The smallest absolute Gasteiger partial charge is 0.270 e. The van der Waals surface area contributed by atoms with E-state index in [0.717, 1.165) is 22.9 Å². The van der Waals surface area contributed by atoms with E-state index in [2.05, 4.69) is 5.32 Å². The minimum absolute atomic E-state index is 0.0672. The Morgan fingerprint density at radius 3 is 2.71 bits per heavy atom. The van der Waals surface area contributed by atoms with Gasteiger partial charge in [0.15, 0.2) is 0 Å². The number of aryl methyl sites for hydroxylation is 2. The normalized spacial score (nSPS) is 10.3.